The quantitative estimate of drug-likeness (QED) is 0.790. The third kappa shape index (κ3) is 1.87. The monoisotopic (exact) mass is 215 g/mol. The summed E-state index contributed by atoms with van der Waals surface area (Å²) >= 11 is 0. The van der Waals surface area contributed by atoms with E-state index in [2.05, 4.69) is 9.97 Å². The van der Waals surface area contributed by atoms with Gasteiger partial charge in [-0.3, -0.25) is 0 Å². The van der Waals surface area contributed by atoms with Crippen LogP contribution in [0.3, 0.4) is 0 Å². The lowest BCUT2D eigenvalue weighted by Crippen LogP contribution is -2.17. The van der Waals surface area contributed by atoms with E-state index in [9.17, 15) is 4.79 Å². The van der Waals surface area contributed by atoms with Gasteiger partial charge in [0.25, 0.3) is 0 Å². The van der Waals surface area contributed by atoms with Gasteiger partial charge in [0.2, 0.25) is 0 Å². The van der Waals surface area contributed by atoms with Crippen LogP contribution in [0, 0.1) is 6.92 Å². The van der Waals surface area contributed by atoms with Crippen LogP contribution in [0.5, 0.6) is 0 Å². The fraction of sp³-hybridized carbons (Fsp3) is 0.167. The van der Waals surface area contributed by atoms with E-state index in [-0.39, 0.29) is 5.69 Å². The molecule has 1 heterocycles. The predicted octanol–water partition coefficient (Wildman–Crippen LogP) is 1.20. The van der Waals surface area contributed by atoms with E-state index >= 15 is 0 Å². The Hall–Kier alpha value is -1.94. The van der Waals surface area contributed by atoms with Crippen LogP contribution in [0.1, 0.15) is 11.3 Å². The molecule has 0 bridgehead atoms. The van der Waals surface area contributed by atoms with Crippen molar-refractivity contribution in [3.63, 3.8) is 0 Å². The average Bonchev–Trinajstić information content (AvgIpc) is 2.29. The molecule has 0 aliphatic rings. The Morgan fingerprint density at radius 2 is 2.00 bits per heavy atom. The van der Waals surface area contributed by atoms with Crippen molar-refractivity contribution in [3.05, 3.63) is 52.1 Å². The summed E-state index contributed by atoms with van der Waals surface area (Å²) in [5, 5.41) is 0. The average molecular weight is 215 g/mol. The Bertz CT molecular complexity index is 546. The topological polar surface area (TPSA) is 71.8 Å². The SMILES string of the molecule is Cc1[nH]c(=O)nc(-c2ccccc2)c1CN. The van der Waals surface area contributed by atoms with Crippen LogP contribution >= 0.6 is 0 Å². The number of hydrogen-bond donors (Lipinski definition) is 2. The molecule has 0 saturated carbocycles. The fourth-order valence-electron chi connectivity index (χ4n) is 1.69. The molecule has 0 unspecified atom stereocenters. The molecule has 0 saturated heterocycles. The number of hydrogen-bond acceptors (Lipinski definition) is 3. The highest BCUT2D eigenvalue weighted by atomic mass is 16.1. The molecule has 0 aliphatic heterocycles. The minimum Gasteiger partial charge on any atom is -0.326 e. The Kier molecular flexibility index (Phi) is 2.83. The summed E-state index contributed by atoms with van der Waals surface area (Å²) < 4.78 is 0. The molecule has 0 aliphatic carbocycles. The lowest BCUT2D eigenvalue weighted by Gasteiger charge is -2.08. The molecule has 0 amide bonds. The van der Waals surface area contributed by atoms with Crippen LogP contribution in [-0.2, 0) is 6.54 Å². The second kappa shape index (κ2) is 4.28. The van der Waals surface area contributed by atoms with Crippen molar-refractivity contribution in [1.82, 2.24) is 9.97 Å². The van der Waals surface area contributed by atoms with Gasteiger partial charge in [0.1, 0.15) is 0 Å². The van der Waals surface area contributed by atoms with Gasteiger partial charge in [0.05, 0.1) is 5.69 Å². The second-order valence-electron chi connectivity index (χ2n) is 3.56. The van der Waals surface area contributed by atoms with Gasteiger partial charge in [-0.1, -0.05) is 30.3 Å². The maximum Gasteiger partial charge on any atom is 0.345 e. The normalized spacial score (nSPS) is 10.4. The van der Waals surface area contributed by atoms with Crippen molar-refractivity contribution in [2.75, 3.05) is 0 Å². The van der Waals surface area contributed by atoms with Crippen LogP contribution in [-0.4, -0.2) is 9.97 Å². The van der Waals surface area contributed by atoms with E-state index < -0.39 is 0 Å². The molecule has 4 heteroatoms. The number of nitrogens with zero attached hydrogens (tertiary/aromatic N) is 1. The molecule has 0 spiro atoms. The summed E-state index contributed by atoms with van der Waals surface area (Å²) in [6.07, 6.45) is 0. The number of aryl methyl sites for hydroxylation is 1. The van der Waals surface area contributed by atoms with Crippen molar-refractivity contribution in [2.24, 2.45) is 5.73 Å². The summed E-state index contributed by atoms with van der Waals surface area (Å²) in [7, 11) is 0. The maximum absolute atomic E-state index is 11.3. The molecule has 3 N–H and O–H groups in total. The molecule has 1 aromatic carbocycles. The summed E-state index contributed by atoms with van der Waals surface area (Å²) in [6, 6.07) is 9.58. The van der Waals surface area contributed by atoms with Crippen molar-refractivity contribution in [3.8, 4) is 11.3 Å². The zero-order valence-electron chi connectivity index (χ0n) is 9.03. The van der Waals surface area contributed by atoms with Gasteiger partial charge in [-0.2, -0.15) is 4.98 Å². The standard InChI is InChI=1S/C12H13N3O/c1-8-10(7-13)11(15-12(16)14-8)9-5-3-2-4-6-9/h2-6H,7,13H2,1H3,(H,14,15,16). The number of H-pyrrole nitrogens is 1. The number of rotatable bonds is 2. The number of aromatic amines is 1. The molecule has 0 fully saturated rings. The van der Waals surface area contributed by atoms with Crippen LogP contribution in [0.2, 0.25) is 0 Å². The van der Waals surface area contributed by atoms with Crippen molar-refractivity contribution in [1.29, 1.82) is 0 Å². The highest BCUT2D eigenvalue weighted by Gasteiger charge is 2.09. The van der Waals surface area contributed by atoms with Gasteiger partial charge in [-0.15, -0.1) is 0 Å². The van der Waals surface area contributed by atoms with Crippen molar-refractivity contribution >= 4 is 0 Å². The van der Waals surface area contributed by atoms with Crippen molar-refractivity contribution < 1.29 is 0 Å². The van der Waals surface area contributed by atoms with Crippen LogP contribution in [0.15, 0.2) is 35.1 Å². The van der Waals surface area contributed by atoms with Crippen LogP contribution in [0.4, 0.5) is 0 Å². The van der Waals surface area contributed by atoms with Gasteiger partial charge in [0.15, 0.2) is 0 Å². The number of benzene rings is 1. The number of nitrogens with one attached hydrogen (secondary N) is 1. The molecule has 82 valence electrons. The Morgan fingerprint density at radius 1 is 1.31 bits per heavy atom. The highest BCUT2D eigenvalue weighted by Crippen LogP contribution is 2.20. The molecule has 0 radical (unpaired) electrons. The molecular weight excluding hydrogens is 202 g/mol. The van der Waals surface area contributed by atoms with E-state index in [1.165, 1.54) is 0 Å². The van der Waals surface area contributed by atoms with Gasteiger partial charge < -0.3 is 10.7 Å². The van der Waals surface area contributed by atoms with Gasteiger partial charge >= 0.3 is 5.69 Å². The van der Waals surface area contributed by atoms with Gasteiger partial charge in [0, 0.05) is 23.4 Å². The molecule has 1 aromatic heterocycles. The van der Waals surface area contributed by atoms with Crippen LogP contribution in [0.25, 0.3) is 11.3 Å². The first kappa shape index (κ1) is 10.6. The molecule has 4 nitrogen and oxygen atoms in total. The zero-order valence-corrected chi connectivity index (χ0v) is 9.03. The Balaban J connectivity index is 2.69. The van der Waals surface area contributed by atoms with Crippen molar-refractivity contribution in [2.45, 2.75) is 13.5 Å². The predicted molar refractivity (Wildman–Crippen MR) is 62.9 cm³/mol. The maximum atomic E-state index is 11.3. The van der Waals surface area contributed by atoms with Gasteiger partial charge in [-0.25, -0.2) is 4.79 Å². The fourth-order valence-corrected chi connectivity index (χ4v) is 1.69. The number of nitrogens with two attached hydrogens (primary N) is 1. The van der Waals surface area contributed by atoms with E-state index in [1.807, 2.05) is 37.3 Å². The largest absolute Gasteiger partial charge is 0.345 e. The lowest BCUT2D eigenvalue weighted by molar-refractivity contribution is 0.942. The molecule has 2 aromatic rings. The van der Waals surface area contributed by atoms with Gasteiger partial charge in [-0.05, 0) is 6.92 Å². The first-order chi connectivity index (χ1) is 7.72. The van der Waals surface area contributed by atoms with Crippen LogP contribution < -0.4 is 11.4 Å². The minimum absolute atomic E-state index is 0.339. The minimum atomic E-state index is -0.339. The first-order valence-corrected chi connectivity index (χ1v) is 5.07. The Labute approximate surface area is 93.2 Å². The smallest absolute Gasteiger partial charge is 0.326 e. The molecule has 0 atom stereocenters. The van der Waals surface area contributed by atoms with E-state index in [1.54, 1.807) is 0 Å². The summed E-state index contributed by atoms with van der Waals surface area (Å²) in [5.74, 6) is 0. The highest BCUT2D eigenvalue weighted by molar-refractivity contribution is 5.63. The zero-order chi connectivity index (χ0) is 11.5. The summed E-state index contributed by atoms with van der Waals surface area (Å²) in [4.78, 5) is 18.0. The van der Waals surface area contributed by atoms with E-state index in [4.69, 9.17) is 5.73 Å². The second-order valence-corrected chi connectivity index (χ2v) is 3.56. The van der Waals surface area contributed by atoms with E-state index in [0.29, 0.717) is 12.2 Å². The number of aromatic nitrogens is 2. The first-order valence-electron chi connectivity index (χ1n) is 5.07. The third-order valence-electron chi connectivity index (χ3n) is 2.50. The molecule has 2 rings (SSSR count). The third-order valence-corrected chi connectivity index (χ3v) is 2.50. The summed E-state index contributed by atoms with van der Waals surface area (Å²) in [5.41, 5.74) is 8.58. The van der Waals surface area contributed by atoms with E-state index in [0.717, 1.165) is 16.8 Å². The Morgan fingerprint density at radius 3 is 2.62 bits per heavy atom. The summed E-state index contributed by atoms with van der Waals surface area (Å²) in [6.45, 7) is 2.19. The molecular formula is C12H13N3O. The molecule has 16 heavy (non-hydrogen) atoms. The lowest BCUT2D eigenvalue weighted by atomic mass is 10.1.